The highest BCUT2D eigenvalue weighted by molar-refractivity contribution is 7.92. The van der Waals surface area contributed by atoms with Gasteiger partial charge in [-0.2, -0.15) is 0 Å². The zero-order chi connectivity index (χ0) is 20.9. The molecule has 29 heavy (non-hydrogen) atoms. The van der Waals surface area contributed by atoms with Gasteiger partial charge in [0.2, 0.25) is 5.91 Å². The Balaban J connectivity index is 1.98. The van der Waals surface area contributed by atoms with Gasteiger partial charge in [-0.3, -0.25) is 9.10 Å². The van der Waals surface area contributed by atoms with Crippen LogP contribution in [0.3, 0.4) is 0 Å². The van der Waals surface area contributed by atoms with Gasteiger partial charge in [-0.05, 0) is 37.1 Å². The lowest BCUT2D eigenvalue weighted by Gasteiger charge is -2.26. The molecule has 1 aliphatic rings. The zero-order valence-electron chi connectivity index (χ0n) is 16.6. The minimum absolute atomic E-state index is 0.0987. The molecule has 1 saturated carbocycles. The molecule has 8 heteroatoms. The molecule has 3 rings (SSSR count). The maximum absolute atomic E-state index is 13.4. The van der Waals surface area contributed by atoms with Crippen molar-refractivity contribution in [2.24, 2.45) is 0 Å². The molecule has 2 aromatic rings. The van der Waals surface area contributed by atoms with E-state index in [0.717, 1.165) is 30.0 Å². The minimum atomic E-state index is -3.98. The number of ether oxygens (including phenoxy) is 2. The topological polar surface area (TPSA) is 84.9 Å². The van der Waals surface area contributed by atoms with Gasteiger partial charge >= 0.3 is 0 Å². The smallest absolute Gasteiger partial charge is 0.264 e. The fourth-order valence-corrected chi connectivity index (χ4v) is 4.94. The van der Waals surface area contributed by atoms with Gasteiger partial charge in [0.25, 0.3) is 10.0 Å². The highest BCUT2D eigenvalue weighted by Crippen LogP contribution is 2.35. The van der Waals surface area contributed by atoms with Crippen molar-refractivity contribution in [3.05, 3.63) is 48.5 Å². The zero-order valence-corrected chi connectivity index (χ0v) is 17.4. The molecule has 0 saturated heterocycles. The summed E-state index contributed by atoms with van der Waals surface area (Å²) in [6.45, 7) is -0.337. The Morgan fingerprint density at radius 2 is 1.76 bits per heavy atom. The minimum Gasteiger partial charge on any atom is -0.497 e. The van der Waals surface area contributed by atoms with Crippen LogP contribution in [0.4, 0.5) is 5.69 Å². The van der Waals surface area contributed by atoms with Crippen molar-refractivity contribution >= 4 is 21.6 Å². The Morgan fingerprint density at radius 3 is 2.38 bits per heavy atom. The van der Waals surface area contributed by atoms with Gasteiger partial charge < -0.3 is 14.8 Å². The first-order chi connectivity index (χ1) is 14.0. The molecule has 1 fully saturated rings. The van der Waals surface area contributed by atoms with E-state index in [1.54, 1.807) is 36.4 Å². The number of carbonyl (C=O) groups is 1. The van der Waals surface area contributed by atoms with Gasteiger partial charge in [0.05, 0.1) is 24.8 Å². The predicted molar refractivity (Wildman–Crippen MR) is 111 cm³/mol. The normalized spacial score (nSPS) is 14.4. The van der Waals surface area contributed by atoms with Crippen LogP contribution in [0.25, 0.3) is 0 Å². The van der Waals surface area contributed by atoms with E-state index in [4.69, 9.17) is 9.47 Å². The molecular weight excluding hydrogens is 392 g/mol. The van der Waals surface area contributed by atoms with E-state index in [2.05, 4.69) is 5.32 Å². The summed E-state index contributed by atoms with van der Waals surface area (Å²) in [5.74, 6) is 0.491. The van der Waals surface area contributed by atoms with Crippen LogP contribution in [0.5, 0.6) is 11.5 Å². The second kappa shape index (κ2) is 9.17. The van der Waals surface area contributed by atoms with Crippen molar-refractivity contribution in [3.63, 3.8) is 0 Å². The Hall–Kier alpha value is -2.74. The summed E-state index contributed by atoms with van der Waals surface area (Å²) in [5.41, 5.74) is 0.277. The number of carbonyl (C=O) groups excluding carboxylic acids is 1. The molecule has 2 aromatic carbocycles. The molecule has 1 aliphatic carbocycles. The van der Waals surface area contributed by atoms with Crippen molar-refractivity contribution in [1.29, 1.82) is 0 Å². The summed E-state index contributed by atoms with van der Waals surface area (Å²) in [6.07, 6.45) is 3.98. The summed E-state index contributed by atoms with van der Waals surface area (Å²) in [5, 5.41) is 2.95. The molecule has 0 aromatic heterocycles. The lowest BCUT2D eigenvalue weighted by Crippen LogP contribution is -2.43. The Morgan fingerprint density at radius 1 is 1.07 bits per heavy atom. The van der Waals surface area contributed by atoms with Crippen molar-refractivity contribution in [2.45, 2.75) is 36.6 Å². The molecule has 0 unspecified atom stereocenters. The van der Waals surface area contributed by atoms with Crippen LogP contribution >= 0.6 is 0 Å². The van der Waals surface area contributed by atoms with E-state index in [0.29, 0.717) is 11.5 Å². The second-order valence-electron chi connectivity index (χ2n) is 6.91. The average Bonchev–Trinajstić information content (AvgIpc) is 3.25. The Bertz CT molecular complexity index is 941. The van der Waals surface area contributed by atoms with Crippen molar-refractivity contribution in [2.75, 3.05) is 25.1 Å². The van der Waals surface area contributed by atoms with E-state index in [9.17, 15) is 13.2 Å². The van der Waals surface area contributed by atoms with Crippen LogP contribution in [0, 0.1) is 0 Å². The molecule has 0 heterocycles. The average molecular weight is 419 g/mol. The third-order valence-corrected chi connectivity index (χ3v) is 6.77. The maximum Gasteiger partial charge on any atom is 0.264 e. The van der Waals surface area contributed by atoms with E-state index in [-0.39, 0.29) is 29.1 Å². The SMILES string of the molecule is COc1ccc(N(CC(=O)NC2CCCC2)S(=O)(=O)c2ccccc2)c(OC)c1. The van der Waals surface area contributed by atoms with Crippen LogP contribution in [0.1, 0.15) is 25.7 Å². The molecule has 156 valence electrons. The van der Waals surface area contributed by atoms with Gasteiger partial charge in [-0.1, -0.05) is 31.0 Å². The van der Waals surface area contributed by atoms with Crippen LogP contribution in [0.2, 0.25) is 0 Å². The lowest BCUT2D eigenvalue weighted by molar-refractivity contribution is -0.120. The van der Waals surface area contributed by atoms with Crippen LogP contribution in [0.15, 0.2) is 53.4 Å². The molecule has 1 amide bonds. The number of anilines is 1. The summed E-state index contributed by atoms with van der Waals surface area (Å²) in [4.78, 5) is 12.8. The van der Waals surface area contributed by atoms with E-state index >= 15 is 0 Å². The first-order valence-electron chi connectivity index (χ1n) is 9.55. The van der Waals surface area contributed by atoms with Crippen molar-refractivity contribution in [3.8, 4) is 11.5 Å². The third-order valence-electron chi connectivity index (χ3n) is 4.99. The molecule has 0 radical (unpaired) electrons. The molecule has 0 atom stereocenters. The highest BCUT2D eigenvalue weighted by atomic mass is 32.2. The van der Waals surface area contributed by atoms with Gasteiger partial charge in [0.1, 0.15) is 18.0 Å². The van der Waals surface area contributed by atoms with Gasteiger partial charge in [-0.15, -0.1) is 0 Å². The second-order valence-corrected chi connectivity index (χ2v) is 8.77. The highest BCUT2D eigenvalue weighted by Gasteiger charge is 2.30. The number of sulfonamides is 1. The maximum atomic E-state index is 13.4. The molecule has 0 bridgehead atoms. The quantitative estimate of drug-likeness (QED) is 0.712. The summed E-state index contributed by atoms with van der Waals surface area (Å²) in [7, 11) is -1.02. The standard InChI is InChI=1S/C21H26N2O5S/c1-27-17-12-13-19(20(14-17)28-2)23(15-21(24)22-16-8-6-7-9-16)29(25,26)18-10-4-3-5-11-18/h3-5,10-14,16H,6-9,15H2,1-2H3,(H,22,24). The fourth-order valence-electron chi connectivity index (χ4n) is 3.48. The molecule has 7 nitrogen and oxygen atoms in total. The van der Waals surface area contributed by atoms with Gasteiger partial charge in [0.15, 0.2) is 0 Å². The van der Waals surface area contributed by atoms with Crippen LogP contribution < -0.4 is 19.1 Å². The molecule has 1 N–H and O–H groups in total. The van der Waals surface area contributed by atoms with E-state index < -0.39 is 10.0 Å². The number of hydrogen-bond donors (Lipinski definition) is 1. The van der Waals surface area contributed by atoms with Gasteiger partial charge in [0, 0.05) is 12.1 Å². The number of rotatable bonds is 8. The molecule has 0 aliphatic heterocycles. The number of hydrogen-bond acceptors (Lipinski definition) is 5. The summed E-state index contributed by atoms with van der Waals surface area (Å²) < 4.78 is 38.5. The number of amides is 1. The number of nitrogens with zero attached hydrogens (tertiary/aromatic N) is 1. The fraction of sp³-hybridized carbons (Fsp3) is 0.381. The molecule has 0 spiro atoms. The summed E-state index contributed by atoms with van der Waals surface area (Å²) >= 11 is 0. The van der Waals surface area contributed by atoms with E-state index in [1.165, 1.54) is 26.4 Å². The van der Waals surface area contributed by atoms with Gasteiger partial charge in [-0.25, -0.2) is 8.42 Å². The van der Waals surface area contributed by atoms with Crippen molar-refractivity contribution < 1.29 is 22.7 Å². The first-order valence-corrected chi connectivity index (χ1v) is 11.0. The number of benzene rings is 2. The monoisotopic (exact) mass is 418 g/mol. The van der Waals surface area contributed by atoms with Crippen molar-refractivity contribution in [1.82, 2.24) is 5.32 Å². The van der Waals surface area contributed by atoms with Crippen LogP contribution in [-0.4, -0.2) is 41.1 Å². The third kappa shape index (κ3) is 4.82. The first kappa shape index (κ1) is 21.0. The van der Waals surface area contributed by atoms with Crippen LogP contribution in [-0.2, 0) is 14.8 Å². The number of methoxy groups -OCH3 is 2. The van der Waals surface area contributed by atoms with E-state index in [1.807, 2.05) is 0 Å². The Kier molecular flexibility index (Phi) is 6.64. The lowest BCUT2D eigenvalue weighted by atomic mass is 10.2. The predicted octanol–water partition coefficient (Wildman–Crippen LogP) is 2.96. The largest absolute Gasteiger partial charge is 0.497 e. The Labute approximate surface area is 171 Å². The molecular formula is C21H26N2O5S. The summed E-state index contributed by atoms with van der Waals surface area (Å²) in [6, 6.07) is 13.0. The number of nitrogens with one attached hydrogen (secondary N) is 1.